The Hall–Kier alpha value is -0.570. The summed E-state index contributed by atoms with van der Waals surface area (Å²) in [5.74, 6) is -0.0514. The molecule has 64 valence electrons. The van der Waals surface area contributed by atoms with Gasteiger partial charge in [0.15, 0.2) is 0 Å². The summed E-state index contributed by atoms with van der Waals surface area (Å²) in [4.78, 5) is 10.9. The van der Waals surface area contributed by atoms with Gasteiger partial charge in [0.25, 0.3) is 0 Å². The van der Waals surface area contributed by atoms with Crippen molar-refractivity contribution in [2.75, 3.05) is 14.2 Å². The lowest BCUT2D eigenvalue weighted by molar-refractivity contribution is -0.163. The largest absolute Gasteiger partial charge is 0.469 e. The summed E-state index contributed by atoms with van der Waals surface area (Å²) in [6, 6.07) is 0. The van der Waals surface area contributed by atoms with Crippen LogP contribution in [0.5, 0.6) is 0 Å². The van der Waals surface area contributed by atoms with Gasteiger partial charge in [0, 0.05) is 7.11 Å². The fourth-order valence-electron chi connectivity index (χ4n) is 1.48. The van der Waals surface area contributed by atoms with Gasteiger partial charge in [0.2, 0.25) is 0 Å². The monoisotopic (exact) mass is 158 g/mol. The second-order valence-corrected chi connectivity index (χ2v) is 3.28. The molecule has 3 heteroatoms. The van der Waals surface area contributed by atoms with Gasteiger partial charge in [-0.3, -0.25) is 4.79 Å². The molecule has 0 aliphatic heterocycles. The van der Waals surface area contributed by atoms with E-state index < -0.39 is 0 Å². The van der Waals surface area contributed by atoms with E-state index in [0.29, 0.717) is 0 Å². The van der Waals surface area contributed by atoms with Gasteiger partial charge in [0.1, 0.15) is 0 Å². The molecule has 0 radical (unpaired) electrons. The molecule has 0 N–H and O–H groups in total. The average molecular weight is 158 g/mol. The van der Waals surface area contributed by atoms with Crippen LogP contribution in [-0.4, -0.2) is 25.8 Å². The number of carbonyl (C=O) groups excluding carboxylic acids is 1. The molecule has 0 bridgehead atoms. The van der Waals surface area contributed by atoms with E-state index in [1.807, 2.05) is 6.92 Å². The maximum atomic E-state index is 10.9. The minimum absolute atomic E-state index is 0.0601. The second kappa shape index (κ2) is 2.81. The van der Waals surface area contributed by atoms with Crippen LogP contribution in [0.4, 0.5) is 0 Å². The summed E-state index contributed by atoms with van der Waals surface area (Å²) in [7, 11) is 3.10. The fraction of sp³-hybridized carbons (Fsp3) is 0.875. The van der Waals surface area contributed by atoms with E-state index in [2.05, 4.69) is 4.74 Å². The first-order chi connectivity index (χ1) is 5.11. The zero-order valence-corrected chi connectivity index (χ0v) is 7.22. The average Bonchev–Trinajstić information content (AvgIpc) is 1.97. The van der Waals surface area contributed by atoms with Crippen LogP contribution in [0.15, 0.2) is 0 Å². The van der Waals surface area contributed by atoms with E-state index in [1.165, 1.54) is 7.11 Å². The summed E-state index contributed by atoms with van der Waals surface area (Å²) in [5.41, 5.74) is -0.0845. The first-order valence-corrected chi connectivity index (χ1v) is 3.74. The third-order valence-electron chi connectivity index (χ3n) is 2.38. The first kappa shape index (κ1) is 8.53. The molecule has 1 rings (SSSR count). The summed E-state index contributed by atoms with van der Waals surface area (Å²) in [6.07, 6.45) is 1.58. The Balaban J connectivity index is 2.34. The lowest BCUT2D eigenvalue weighted by Gasteiger charge is -2.42. The van der Waals surface area contributed by atoms with Gasteiger partial charge >= 0.3 is 5.97 Å². The minimum atomic E-state index is -0.112. The second-order valence-electron chi connectivity index (χ2n) is 3.28. The molecule has 0 aromatic heterocycles. The summed E-state index contributed by atoms with van der Waals surface area (Å²) in [5, 5.41) is 0. The van der Waals surface area contributed by atoms with Crippen molar-refractivity contribution in [2.45, 2.75) is 25.4 Å². The van der Waals surface area contributed by atoms with Crippen LogP contribution in [0.2, 0.25) is 0 Å². The van der Waals surface area contributed by atoms with Gasteiger partial charge in [-0.05, 0) is 19.8 Å². The zero-order valence-electron chi connectivity index (χ0n) is 7.22. The Morgan fingerprint density at radius 2 is 2.00 bits per heavy atom. The summed E-state index contributed by atoms with van der Waals surface area (Å²) < 4.78 is 9.79. The fourth-order valence-corrected chi connectivity index (χ4v) is 1.48. The lowest BCUT2D eigenvalue weighted by atomic mass is 9.72. The molecule has 0 amide bonds. The predicted octanol–water partition coefficient (Wildman–Crippen LogP) is 0.974. The molecule has 11 heavy (non-hydrogen) atoms. The molecule has 3 nitrogen and oxygen atoms in total. The molecule has 0 heterocycles. The van der Waals surface area contributed by atoms with Crippen LogP contribution in [0.3, 0.4) is 0 Å². The number of esters is 1. The third-order valence-corrected chi connectivity index (χ3v) is 2.38. The molecular weight excluding hydrogens is 144 g/mol. The zero-order chi connectivity index (χ0) is 8.48. The molecule has 0 aromatic carbocycles. The molecule has 0 aromatic rings. The maximum absolute atomic E-state index is 10.9. The third kappa shape index (κ3) is 1.53. The quantitative estimate of drug-likeness (QED) is 0.562. The SMILES string of the molecule is COC(=O)C1CC(C)(OC)C1. The first-order valence-electron chi connectivity index (χ1n) is 3.74. The van der Waals surface area contributed by atoms with Crippen molar-refractivity contribution in [3.05, 3.63) is 0 Å². The van der Waals surface area contributed by atoms with Gasteiger partial charge in [0.05, 0.1) is 18.6 Å². The predicted molar refractivity (Wildman–Crippen MR) is 40.2 cm³/mol. The van der Waals surface area contributed by atoms with E-state index in [4.69, 9.17) is 4.74 Å². The Morgan fingerprint density at radius 3 is 2.36 bits per heavy atom. The highest BCUT2D eigenvalue weighted by atomic mass is 16.5. The van der Waals surface area contributed by atoms with Crippen molar-refractivity contribution in [3.63, 3.8) is 0 Å². The molecular formula is C8H14O3. The van der Waals surface area contributed by atoms with Crippen LogP contribution in [-0.2, 0) is 14.3 Å². The number of hydrogen-bond acceptors (Lipinski definition) is 3. The highest BCUT2D eigenvalue weighted by Crippen LogP contribution is 2.40. The van der Waals surface area contributed by atoms with Crippen LogP contribution in [0.1, 0.15) is 19.8 Å². The van der Waals surface area contributed by atoms with Gasteiger partial charge in [-0.25, -0.2) is 0 Å². The molecule has 0 atom stereocenters. The number of ether oxygens (including phenoxy) is 2. The van der Waals surface area contributed by atoms with Gasteiger partial charge in [-0.15, -0.1) is 0 Å². The number of rotatable bonds is 2. The lowest BCUT2D eigenvalue weighted by Crippen LogP contribution is -2.46. The summed E-state index contributed by atoms with van der Waals surface area (Å²) in [6.45, 7) is 2.01. The minimum Gasteiger partial charge on any atom is -0.469 e. The van der Waals surface area contributed by atoms with E-state index in [1.54, 1.807) is 7.11 Å². The normalized spacial score (nSPS) is 36.1. The van der Waals surface area contributed by atoms with Crippen molar-refractivity contribution in [3.8, 4) is 0 Å². The van der Waals surface area contributed by atoms with Gasteiger partial charge < -0.3 is 9.47 Å². The molecule has 1 fully saturated rings. The van der Waals surface area contributed by atoms with Crippen LogP contribution in [0.25, 0.3) is 0 Å². The molecule has 1 saturated carbocycles. The van der Waals surface area contributed by atoms with E-state index in [0.717, 1.165) is 12.8 Å². The smallest absolute Gasteiger partial charge is 0.308 e. The number of hydrogen-bond donors (Lipinski definition) is 0. The Labute approximate surface area is 66.7 Å². The van der Waals surface area contributed by atoms with Crippen molar-refractivity contribution in [1.82, 2.24) is 0 Å². The van der Waals surface area contributed by atoms with Crippen molar-refractivity contribution < 1.29 is 14.3 Å². The Bertz CT molecular complexity index is 159. The molecule has 0 saturated heterocycles. The Kier molecular flexibility index (Phi) is 2.18. The number of methoxy groups -OCH3 is 2. The topological polar surface area (TPSA) is 35.5 Å². The summed E-state index contributed by atoms with van der Waals surface area (Å²) >= 11 is 0. The molecule has 1 aliphatic rings. The van der Waals surface area contributed by atoms with Crippen LogP contribution < -0.4 is 0 Å². The van der Waals surface area contributed by atoms with Crippen LogP contribution in [0, 0.1) is 5.92 Å². The Morgan fingerprint density at radius 1 is 1.45 bits per heavy atom. The van der Waals surface area contributed by atoms with E-state index >= 15 is 0 Å². The van der Waals surface area contributed by atoms with E-state index in [-0.39, 0.29) is 17.5 Å². The molecule has 0 unspecified atom stereocenters. The maximum Gasteiger partial charge on any atom is 0.308 e. The number of carbonyl (C=O) groups is 1. The van der Waals surface area contributed by atoms with Gasteiger partial charge in [-0.2, -0.15) is 0 Å². The van der Waals surface area contributed by atoms with Gasteiger partial charge in [-0.1, -0.05) is 0 Å². The van der Waals surface area contributed by atoms with Crippen molar-refractivity contribution in [1.29, 1.82) is 0 Å². The van der Waals surface area contributed by atoms with Crippen LogP contribution >= 0.6 is 0 Å². The molecule has 0 spiro atoms. The molecule has 1 aliphatic carbocycles. The highest BCUT2D eigenvalue weighted by Gasteiger charge is 2.44. The standard InChI is InChI=1S/C8H14O3/c1-8(11-3)4-6(5-8)7(9)10-2/h6H,4-5H2,1-3H3. The van der Waals surface area contributed by atoms with Crippen molar-refractivity contribution >= 4 is 5.97 Å². The van der Waals surface area contributed by atoms with E-state index in [9.17, 15) is 4.79 Å². The van der Waals surface area contributed by atoms with Crippen molar-refractivity contribution in [2.24, 2.45) is 5.92 Å². The highest BCUT2D eigenvalue weighted by molar-refractivity contribution is 5.73.